The van der Waals surface area contributed by atoms with Crippen molar-refractivity contribution in [1.82, 2.24) is 4.98 Å². The maximum Gasteiger partial charge on any atom is 0.355 e. The number of anilines is 2. The number of nitrogens with one attached hydrogen (secondary N) is 1. The van der Waals surface area contributed by atoms with Crippen molar-refractivity contribution in [1.29, 1.82) is 0 Å². The standard InChI is InChI=1S/C12H12N2O2S/c1-7-5-3-4-6-9(7)13-12-14-10(11(15)16)8(2)17-12/h3-6H,1-2H3,(H,13,14)(H,15,16). The first-order valence-electron chi connectivity index (χ1n) is 5.11. The number of carboxylic acid groups (broad SMARTS) is 1. The number of nitrogens with zero attached hydrogens (tertiary/aromatic N) is 1. The Morgan fingerprint density at radius 3 is 2.65 bits per heavy atom. The quantitative estimate of drug-likeness (QED) is 0.875. The highest BCUT2D eigenvalue weighted by Crippen LogP contribution is 2.26. The Morgan fingerprint density at radius 1 is 1.35 bits per heavy atom. The number of benzene rings is 1. The minimum absolute atomic E-state index is 0.117. The molecule has 2 rings (SSSR count). The van der Waals surface area contributed by atoms with Crippen molar-refractivity contribution in [2.45, 2.75) is 13.8 Å². The molecule has 0 aliphatic rings. The highest BCUT2D eigenvalue weighted by molar-refractivity contribution is 7.15. The molecule has 0 aliphatic carbocycles. The van der Waals surface area contributed by atoms with E-state index < -0.39 is 5.97 Å². The first-order chi connectivity index (χ1) is 8.08. The summed E-state index contributed by atoms with van der Waals surface area (Å²) in [6.45, 7) is 3.74. The molecule has 0 saturated heterocycles. The fourth-order valence-corrected chi connectivity index (χ4v) is 2.29. The van der Waals surface area contributed by atoms with Crippen molar-refractivity contribution >= 4 is 28.1 Å². The van der Waals surface area contributed by atoms with Gasteiger partial charge in [-0.2, -0.15) is 0 Å². The van der Waals surface area contributed by atoms with Crippen molar-refractivity contribution in [3.63, 3.8) is 0 Å². The zero-order valence-corrected chi connectivity index (χ0v) is 10.3. The van der Waals surface area contributed by atoms with Crippen LogP contribution in [0.15, 0.2) is 24.3 Å². The van der Waals surface area contributed by atoms with Crippen LogP contribution in [0.2, 0.25) is 0 Å². The molecular weight excluding hydrogens is 236 g/mol. The van der Waals surface area contributed by atoms with E-state index in [1.54, 1.807) is 6.92 Å². The summed E-state index contributed by atoms with van der Waals surface area (Å²) in [5.74, 6) is -0.989. The van der Waals surface area contributed by atoms with Crippen molar-refractivity contribution < 1.29 is 9.90 Å². The molecule has 17 heavy (non-hydrogen) atoms. The summed E-state index contributed by atoms with van der Waals surface area (Å²) in [5, 5.41) is 12.7. The normalized spacial score (nSPS) is 10.2. The van der Waals surface area contributed by atoms with E-state index in [1.807, 2.05) is 31.2 Å². The van der Waals surface area contributed by atoms with Gasteiger partial charge in [0.2, 0.25) is 0 Å². The number of aromatic carboxylic acids is 1. The molecule has 1 heterocycles. The first-order valence-corrected chi connectivity index (χ1v) is 5.93. The third-order valence-corrected chi connectivity index (χ3v) is 3.27. The predicted octanol–water partition coefficient (Wildman–Crippen LogP) is 3.20. The zero-order chi connectivity index (χ0) is 12.4. The largest absolute Gasteiger partial charge is 0.476 e. The van der Waals surface area contributed by atoms with Gasteiger partial charge < -0.3 is 10.4 Å². The number of hydrogen-bond donors (Lipinski definition) is 2. The lowest BCUT2D eigenvalue weighted by atomic mass is 10.2. The molecule has 5 heteroatoms. The van der Waals surface area contributed by atoms with Crippen LogP contribution < -0.4 is 5.32 Å². The predicted molar refractivity (Wildman–Crippen MR) is 68.3 cm³/mol. The van der Waals surface area contributed by atoms with E-state index in [0.717, 1.165) is 11.3 Å². The molecule has 88 valence electrons. The van der Waals surface area contributed by atoms with Crippen LogP contribution in [0.3, 0.4) is 0 Å². The van der Waals surface area contributed by atoms with Crippen LogP contribution in [0.4, 0.5) is 10.8 Å². The summed E-state index contributed by atoms with van der Waals surface area (Å²) < 4.78 is 0. The summed E-state index contributed by atoms with van der Waals surface area (Å²) in [6.07, 6.45) is 0. The van der Waals surface area contributed by atoms with Gasteiger partial charge in [-0.1, -0.05) is 18.2 Å². The maximum atomic E-state index is 10.9. The second-order valence-corrected chi connectivity index (χ2v) is 4.87. The van der Waals surface area contributed by atoms with Crippen LogP contribution in [-0.2, 0) is 0 Å². The van der Waals surface area contributed by atoms with Crippen LogP contribution in [0.1, 0.15) is 20.9 Å². The van der Waals surface area contributed by atoms with Gasteiger partial charge in [-0.15, -0.1) is 11.3 Å². The van der Waals surface area contributed by atoms with Gasteiger partial charge >= 0.3 is 5.97 Å². The molecule has 0 saturated carbocycles. The lowest BCUT2D eigenvalue weighted by Gasteiger charge is -2.05. The number of hydrogen-bond acceptors (Lipinski definition) is 4. The van der Waals surface area contributed by atoms with Crippen LogP contribution >= 0.6 is 11.3 Å². The van der Waals surface area contributed by atoms with E-state index in [1.165, 1.54) is 11.3 Å². The van der Waals surface area contributed by atoms with E-state index in [0.29, 0.717) is 10.0 Å². The minimum atomic E-state index is -0.989. The smallest absolute Gasteiger partial charge is 0.355 e. The molecule has 0 fully saturated rings. The van der Waals surface area contributed by atoms with E-state index >= 15 is 0 Å². The number of carboxylic acids is 1. The number of thiazole rings is 1. The van der Waals surface area contributed by atoms with E-state index in [-0.39, 0.29) is 5.69 Å². The number of aromatic nitrogens is 1. The fraction of sp³-hybridized carbons (Fsp3) is 0.167. The SMILES string of the molecule is Cc1ccccc1Nc1nc(C(=O)O)c(C)s1. The zero-order valence-electron chi connectivity index (χ0n) is 9.52. The lowest BCUT2D eigenvalue weighted by Crippen LogP contribution is -1.99. The third kappa shape index (κ3) is 2.45. The molecule has 1 aromatic heterocycles. The highest BCUT2D eigenvalue weighted by Gasteiger charge is 2.14. The molecule has 0 radical (unpaired) electrons. The lowest BCUT2D eigenvalue weighted by molar-refractivity contribution is 0.0690. The van der Waals surface area contributed by atoms with Crippen LogP contribution in [-0.4, -0.2) is 16.1 Å². The minimum Gasteiger partial charge on any atom is -0.476 e. The van der Waals surface area contributed by atoms with Crippen molar-refractivity contribution in [2.75, 3.05) is 5.32 Å². The van der Waals surface area contributed by atoms with Crippen LogP contribution in [0.25, 0.3) is 0 Å². The van der Waals surface area contributed by atoms with Crippen LogP contribution in [0.5, 0.6) is 0 Å². The van der Waals surface area contributed by atoms with E-state index in [2.05, 4.69) is 10.3 Å². The summed E-state index contributed by atoms with van der Waals surface area (Å²) in [6, 6.07) is 7.80. The van der Waals surface area contributed by atoms with Gasteiger partial charge in [0.1, 0.15) is 0 Å². The maximum absolute atomic E-state index is 10.9. The summed E-state index contributed by atoms with van der Waals surface area (Å²) in [4.78, 5) is 15.6. The van der Waals surface area contributed by atoms with Crippen molar-refractivity contribution in [2.24, 2.45) is 0 Å². The van der Waals surface area contributed by atoms with E-state index in [4.69, 9.17) is 5.11 Å². The molecular formula is C12H12N2O2S. The molecule has 0 aliphatic heterocycles. The molecule has 0 amide bonds. The second-order valence-electron chi connectivity index (χ2n) is 3.67. The Morgan fingerprint density at radius 2 is 2.06 bits per heavy atom. The van der Waals surface area contributed by atoms with Gasteiger partial charge in [0, 0.05) is 10.6 Å². The molecule has 0 spiro atoms. The Labute approximate surface area is 103 Å². The van der Waals surface area contributed by atoms with Crippen molar-refractivity contribution in [3.8, 4) is 0 Å². The summed E-state index contributed by atoms with van der Waals surface area (Å²) in [7, 11) is 0. The average Bonchev–Trinajstić information content (AvgIpc) is 2.63. The van der Waals surface area contributed by atoms with Gasteiger partial charge in [0.05, 0.1) is 0 Å². The van der Waals surface area contributed by atoms with Crippen LogP contribution in [0, 0.1) is 13.8 Å². The second kappa shape index (κ2) is 4.55. The molecule has 0 atom stereocenters. The topological polar surface area (TPSA) is 62.2 Å². The van der Waals surface area contributed by atoms with Gasteiger partial charge in [0.15, 0.2) is 10.8 Å². The molecule has 2 N–H and O–H groups in total. The highest BCUT2D eigenvalue weighted by atomic mass is 32.1. The average molecular weight is 248 g/mol. The molecule has 0 unspecified atom stereocenters. The molecule has 2 aromatic rings. The third-order valence-electron chi connectivity index (χ3n) is 2.39. The number of aryl methyl sites for hydroxylation is 2. The van der Waals surface area contributed by atoms with Crippen molar-refractivity contribution in [3.05, 3.63) is 40.4 Å². The Bertz CT molecular complexity index is 563. The monoisotopic (exact) mass is 248 g/mol. The molecule has 0 bridgehead atoms. The Hall–Kier alpha value is -1.88. The van der Waals surface area contributed by atoms with Gasteiger partial charge in [-0.25, -0.2) is 9.78 Å². The number of para-hydroxylation sites is 1. The van der Waals surface area contributed by atoms with Gasteiger partial charge in [-0.3, -0.25) is 0 Å². The molecule has 1 aromatic carbocycles. The Kier molecular flexibility index (Phi) is 3.10. The fourth-order valence-electron chi connectivity index (χ4n) is 1.48. The Balaban J connectivity index is 2.28. The number of rotatable bonds is 3. The first kappa shape index (κ1) is 11.6. The van der Waals surface area contributed by atoms with E-state index in [9.17, 15) is 4.79 Å². The van der Waals surface area contributed by atoms with Gasteiger partial charge in [-0.05, 0) is 25.5 Å². The molecule has 4 nitrogen and oxygen atoms in total. The number of carbonyl (C=O) groups is 1. The summed E-state index contributed by atoms with van der Waals surface area (Å²) >= 11 is 1.34. The summed E-state index contributed by atoms with van der Waals surface area (Å²) in [5.41, 5.74) is 2.15. The van der Waals surface area contributed by atoms with Gasteiger partial charge in [0.25, 0.3) is 0 Å².